The van der Waals surface area contributed by atoms with Crippen molar-refractivity contribution in [3.8, 4) is 0 Å². The van der Waals surface area contributed by atoms with Gasteiger partial charge in [0.15, 0.2) is 17.7 Å². The fraction of sp³-hybridized carbons (Fsp3) is 0.250. The second-order valence-corrected chi connectivity index (χ2v) is 10.4. The summed E-state index contributed by atoms with van der Waals surface area (Å²) in [7, 11) is -4.63. The van der Waals surface area contributed by atoms with E-state index in [9.17, 15) is 23.4 Å². The van der Waals surface area contributed by atoms with Crippen LogP contribution in [0.2, 0.25) is 0 Å². The predicted octanol–water partition coefficient (Wildman–Crippen LogP) is -0.496. The number of nitrogens with zero attached hydrogens (tertiary/aromatic N) is 4. The summed E-state index contributed by atoms with van der Waals surface area (Å²) in [4.78, 5) is 25.2. The number of carbonyl (C=O) groups is 1. The van der Waals surface area contributed by atoms with E-state index >= 15 is 0 Å². The van der Waals surface area contributed by atoms with E-state index < -0.39 is 47.4 Å². The Hall–Kier alpha value is -4.39. The number of hydrogen-bond acceptors (Lipinski definition) is 14. The summed E-state index contributed by atoms with van der Waals surface area (Å²) in [6.45, 7) is -0.462. The number of rotatable bonds is 9. The van der Waals surface area contributed by atoms with Gasteiger partial charge in [0.2, 0.25) is 5.95 Å². The van der Waals surface area contributed by atoms with Crippen molar-refractivity contribution in [1.82, 2.24) is 24.2 Å². The molecule has 216 valence electrons. The van der Waals surface area contributed by atoms with Gasteiger partial charge in [0, 0.05) is 17.9 Å². The third kappa shape index (κ3) is 5.75. The molecule has 16 nitrogen and oxygen atoms in total. The molecule has 3 heterocycles. The highest BCUT2D eigenvalue weighted by molar-refractivity contribution is 7.85. The molecule has 0 bridgehead atoms. The predicted molar refractivity (Wildman–Crippen MR) is 146 cm³/mol. The van der Waals surface area contributed by atoms with Crippen molar-refractivity contribution in [2.75, 3.05) is 23.4 Å². The van der Waals surface area contributed by atoms with Gasteiger partial charge in [-0.2, -0.15) is 18.4 Å². The lowest BCUT2D eigenvalue weighted by Gasteiger charge is -2.17. The van der Waals surface area contributed by atoms with Gasteiger partial charge in [-0.05, 0) is 23.8 Å². The van der Waals surface area contributed by atoms with Gasteiger partial charge in [0.1, 0.15) is 23.8 Å². The number of anilines is 4. The highest BCUT2D eigenvalue weighted by Crippen LogP contribution is 2.33. The number of ether oxygens (including phenoxy) is 1. The van der Waals surface area contributed by atoms with Crippen LogP contribution in [0.1, 0.15) is 22.1 Å². The third-order valence-corrected chi connectivity index (χ3v) is 7.24. The first kappa shape index (κ1) is 28.1. The molecule has 5 rings (SSSR count). The SMILES string of the molecule is NCc1ccccc1Nc1nc(N)c2ncn([C@@H]3O[C@H](COS(=O)(=O)NC(=O)c4ccccc4N)[C@@H](O)[C@H]3O)c2n1. The number of aromatic nitrogens is 4. The van der Waals surface area contributed by atoms with E-state index in [0.29, 0.717) is 5.69 Å². The number of benzene rings is 2. The van der Waals surface area contributed by atoms with Gasteiger partial charge in [-0.3, -0.25) is 13.5 Å². The summed E-state index contributed by atoms with van der Waals surface area (Å²) < 4.78 is 38.4. The summed E-state index contributed by atoms with van der Waals surface area (Å²) in [5.74, 6) is -0.851. The number of carbonyl (C=O) groups excluding carboxylic acids is 1. The number of fused-ring (bicyclic) bond motifs is 1. The number of para-hydroxylation sites is 2. The number of aliphatic hydroxyl groups is 2. The van der Waals surface area contributed by atoms with Gasteiger partial charge in [-0.1, -0.05) is 30.3 Å². The maximum absolute atomic E-state index is 12.4. The van der Waals surface area contributed by atoms with E-state index in [0.717, 1.165) is 5.56 Å². The van der Waals surface area contributed by atoms with Gasteiger partial charge in [0.05, 0.1) is 18.5 Å². The lowest BCUT2D eigenvalue weighted by atomic mass is 10.1. The van der Waals surface area contributed by atoms with Crippen LogP contribution in [0.3, 0.4) is 0 Å². The Morgan fingerprint density at radius 2 is 1.80 bits per heavy atom. The summed E-state index contributed by atoms with van der Waals surface area (Å²) in [6.07, 6.45) is -4.37. The highest BCUT2D eigenvalue weighted by atomic mass is 32.2. The number of amides is 1. The number of nitrogens with one attached hydrogen (secondary N) is 2. The first-order chi connectivity index (χ1) is 19.6. The molecule has 2 aromatic carbocycles. The quantitative estimate of drug-likeness (QED) is 0.122. The van der Waals surface area contributed by atoms with E-state index in [1.165, 1.54) is 29.1 Å². The molecular formula is C24H27N9O7S. The molecule has 0 aliphatic carbocycles. The second-order valence-electron chi connectivity index (χ2n) is 9.05. The van der Waals surface area contributed by atoms with Crippen molar-refractivity contribution >= 4 is 50.5 Å². The molecule has 1 aliphatic heterocycles. The van der Waals surface area contributed by atoms with Crippen LogP contribution in [0.4, 0.5) is 23.1 Å². The van der Waals surface area contributed by atoms with E-state index in [4.69, 9.17) is 26.1 Å². The molecule has 4 atom stereocenters. The van der Waals surface area contributed by atoms with Crippen LogP contribution >= 0.6 is 0 Å². The minimum atomic E-state index is -4.63. The summed E-state index contributed by atoms with van der Waals surface area (Å²) in [5, 5.41) is 24.4. The Balaban J connectivity index is 1.32. The number of nitrogens with two attached hydrogens (primary N) is 3. The Morgan fingerprint density at radius 3 is 2.56 bits per heavy atom. The fourth-order valence-corrected chi connectivity index (χ4v) is 4.99. The smallest absolute Gasteiger partial charge is 0.362 e. The molecule has 2 aromatic heterocycles. The minimum absolute atomic E-state index is 0.0373. The Labute approximate surface area is 233 Å². The molecule has 0 saturated carbocycles. The van der Waals surface area contributed by atoms with Crippen molar-refractivity contribution in [2.24, 2.45) is 5.73 Å². The Kier molecular flexibility index (Phi) is 7.72. The van der Waals surface area contributed by atoms with Gasteiger partial charge >= 0.3 is 10.3 Å². The molecule has 1 fully saturated rings. The number of hydrogen-bond donors (Lipinski definition) is 7. The number of imidazole rings is 1. The Bertz CT molecular complexity index is 1700. The van der Waals surface area contributed by atoms with Crippen molar-refractivity contribution in [3.63, 3.8) is 0 Å². The van der Waals surface area contributed by atoms with Crippen molar-refractivity contribution in [3.05, 3.63) is 66.0 Å². The second kappa shape index (κ2) is 11.2. The maximum atomic E-state index is 12.4. The molecule has 0 spiro atoms. The van der Waals surface area contributed by atoms with Crippen LogP contribution in [-0.2, 0) is 25.8 Å². The number of nitrogen functional groups attached to an aromatic ring is 2. The zero-order chi connectivity index (χ0) is 29.3. The molecule has 0 unspecified atom stereocenters. The van der Waals surface area contributed by atoms with Crippen LogP contribution in [-0.4, -0.2) is 69.0 Å². The van der Waals surface area contributed by atoms with Crippen LogP contribution in [0.15, 0.2) is 54.9 Å². The molecule has 1 amide bonds. The molecule has 4 aromatic rings. The Morgan fingerprint density at radius 1 is 1.07 bits per heavy atom. The van der Waals surface area contributed by atoms with Crippen LogP contribution < -0.4 is 27.2 Å². The first-order valence-electron chi connectivity index (χ1n) is 12.2. The van der Waals surface area contributed by atoms with E-state index in [-0.39, 0.29) is 40.7 Å². The molecular weight excluding hydrogens is 558 g/mol. The van der Waals surface area contributed by atoms with Crippen LogP contribution in [0.25, 0.3) is 11.2 Å². The minimum Gasteiger partial charge on any atom is -0.398 e. The number of aliphatic hydroxyl groups excluding tert-OH is 2. The van der Waals surface area contributed by atoms with Crippen LogP contribution in [0.5, 0.6) is 0 Å². The first-order valence-corrected chi connectivity index (χ1v) is 13.6. The summed E-state index contributed by atoms with van der Waals surface area (Å²) in [6, 6.07) is 13.1. The van der Waals surface area contributed by atoms with E-state index in [1.807, 2.05) is 18.2 Å². The topological polar surface area (TPSA) is 256 Å². The van der Waals surface area contributed by atoms with E-state index in [2.05, 4.69) is 20.3 Å². The highest BCUT2D eigenvalue weighted by Gasteiger charge is 2.45. The lowest BCUT2D eigenvalue weighted by Crippen LogP contribution is -2.38. The van der Waals surface area contributed by atoms with Gasteiger partial charge in [-0.25, -0.2) is 9.71 Å². The molecule has 41 heavy (non-hydrogen) atoms. The van der Waals surface area contributed by atoms with Crippen molar-refractivity contribution in [1.29, 1.82) is 0 Å². The van der Waals surface area contributed by atoms with Gasteiger partial charge in [-0.15, -0.1) is 0 Å². The molecule has 1 saturated heterocycles. The van der Waals surface area contributed by atoms with Gasteiger partial charge in [0.25, 0.3) is 5.91 Å². The molecule has 0 radical (unpaired) electrons. The summed E-state index contributed by atoms with van der Waals surface area (Å²) in [5.41, 5.74) is 19.5. The lowest BCUT2D eigenvalue weighted by molar-refractivity contribution is -0.0468. The van der Waals surface area contributed by atoms with Crippen LogP contribution in [0, 0.1) is 0 Å². The van der Waals surface area contributed by atoms with Crippen molar-refractivity contribution in [2.45, 2.75) is 31.1 Å². The standard InChI is InChI=1S/C24H27N9O7S/c25-9-12-5-1-4-8-15(12)29-24-30-20(27)17-21(31-24)33(11-28-17)23-19(35)18(34)16(40-23)10-39-41(37,38)32-22(36)13-6-2-3-7-14(13)26/h1-8,11,16,18-19,23,34-35H,9-10,25-26H2,(H,32,36)(H3,27,29,30,31)/t16-,18-,19-,23-/m1/s1. The third-order valence-electron chi connectivity index (χ3n) is 6.35. The molecule has 10 N–H and O–H groups in total. The molecule has 1 aliphatic rings. The normalized spacial score (nSPS) is 20.8. The zero-order valence-electron chi connectivity index (χ0n) is 21.3. The zero-order valence-corrected chi connectivity index (χ0v) is 22.1. The average Bonchev–Trinajstić information content (AvgIpc) is 3.48. The van der Waals surface area contributed by atoms with Crippen molar-refractivity contribution < 1.29 is 32.3 Å². The monoisotopic (exact) mass is 585 g/mol. The van der Waals surface area contributed by atoms with E-state index in [1.54, 1.807) is 16.9 Å². The average molecular weight is 586 g/mol. The van der Waals surface area contributed by atoms with Gasteiger partial charge < -0.3 is 37.5 Å². The maximum Gasteiger partial charge on any atom is 0.362 e. The summed E-state index contributed by atoms with van der Waals surface area (Å²) >= 11 is 0. The fourth-order valence-electron chi connectivity index (χ4n) is 4.28. The largest absolute Gasteiger partial charge is 0.398 e. The molecule has 17 heteroatoms.